The molecule has 116 valence electrons. The number of hydrogen-bond donors (Lipinski definition) is 1. The van der Waals surface area contributed by atoms with Crippen molar-refractivity contribution in [1.29, 1.82) is 0 Å². The maximum Gasteiger partial charge on any atom is 0.225 e. The van der Waals surface area contributed by atoms with E-state index in [0.29, 0.717) is 12.2 Å². The molecule has 0 saturated heterocycles. The number of pyridine rings is 1. The van der Waals surface area contributed by atoms with Crippen LogP contribution in [0.3, 0.4) is 0 Å². The number of carbonyl (C=O) groups excluding carboxylic acids is 1. The number of amides is 1. The van der Waals surface area contributed by atoms with Gasteiger partial charge in [0, 0.05) is 23.2 Å². The molecule has 1 aromatic heterocycles. The van der Waals surface area contributed by atoms with Crippen LogP contribution < -0.4 is 5.32 Å². The Balaban J connectivity index is 1.54. The highest BCUT2D eigenvalue weighted by Gasteiger charge is 2.05. The summed E-state index contributed by atoms with van der Waals surface area (Å²) in [7, 11) is 0. The zero-order valence-corrected chi connectivity index (χ0v) is 13.8. The molecule has 4 heteroatoms. The van der Waals surface area contributed by atoms with Gasteiger partial charge in [0.15, 0.2) is 0 Å². The zero-order chi connectivity index (χ0) is 16.1. The molecule has 3 nitrogen and oxygen atoms in total. The van der Waals surface area contributed by atoms with Crippen LogP contribution in [0.5, 0.6) is 0 Å². The molecule has 0 unspecified atom stereocenters. The lowest BCUT2D eigenvalue weighted by molar-refractivity contribution is -0.115. The van der Waals surface area contributed by atoms with Crippen LogP contribution in [0.1, 0.15) is 12.0 Å². The fourth-order valence-corrected chi connectivity index (χ4v) is 3.13. The van der Waals surface area contributed by atoms with Crippen LogP contribution in [-0.2, 0) is 4.79 Å². The first-order chi connectivity index (χ1) is 11.2. The monoisotopic (exact) mass is 322 g/mol. The molecule has 23 heavy (non-hydrogen) atoms. The van der Waals surface area contributed by atoms with Crippen molar-refractivity contribution in [3.63, 3.8) is 0 Å². The lowest BCUT2D eigenvalue weighted by Gasteiger charge is -2.08. The number of nitrogens with zero attached hydrogens (tertiary/aromatic N) is 1. The number of anilines is 1. The van der Waals surface area contributed by atoms with Crippen LogP contribution in [0.4, 0.5) is 5.69 Å². The smallest absolute Gasteiger partial charge is 0.225 e. The third-order valence-corrected chi connectivity index (χ3v) is 4.50. The summed E-state index contributed by atoms with van der Waals surface area (Å²) in [6.45, 7) is 1.99. The molecular formula is C19H18N2OS. The number of fused-ring (bicyclic) bond motifs is 1. The third-order valence-electron chi connectivity index (χ3n) is 3.57. The summed E-state index contributed by atoms with van der Waals surface area (Å²) < 4.78 is 0. The zero-order valence-electron chi connectivity index (χ0n) is 13.0. The number of aryl methyl sites for hydroxylation is 1. The van der Waals surface area contributed by atoms with Crippen molar-refractivity contribution < 1.29 is 4.79 Å². The Morgan fingerprint density at radius 2 is 1.83 bits per heavy atom. The van der Waals surface area contributed by atoms with Gasteiger partial charge in [0.1, 0.15) is 0 Å². The second-order valence-electron chi connectivity index (χ2n) is 5.30. The van der Waals surface area contributed by atoms with Crippen molar-refractivity contribution in [2.75, 3.05) is 11.1 Å². The molecule has 3 rings (SSSR count). The summed E-state index contributed by atoms with van der Waals surface area (Å²) in [5, 5.41) is 5.04. The van der Waals surface area contributed by atoms with Crippen LogP contribution in [0.15, 0.2) is 65.7 Å². The Morgan fingerprint density at radius 1 is 1.04 bits per heavy atom. The largest absolute Gasteiger partial charge is 0.326 e. The van der Waals surface area contributed by atoms with Crippen molar-refractivity contribution >= 4 is 34.3 Å². The van der Waals surface area contributed by atoms with Crippen molar-refractivity contribution in [2.45, 2.75) is 18.4 Å². The summed E-state index contributed by atoms with van der Waals surface area (Å²) in [4.78, 5) is 16.6. The molecule has 0 aliphatic heterocycles. The number of aromatic nitrogens is 1. The van der Waals surface area contributed by atoms with E-state index in [-0.39, 0.29) is 5.91 Å². The number of hydrogen-bond acceptors (Lipinski definition) is 3. The average molecular weight is 322 g/mol. The van der Waals surface area contributed by atoms with E-state index in [9.17, 15) is 4.79 Å². The van der Waals surface area contributed by atoms with Gasteiger partial charge in [0.2, 0.25) is 5.91 Å². The topological polar surface area (TPSA) is 42.0 Å². The molecule has 1 N–H and O–H groups in total. The Bertz CT molecular complexity index is 832. The van der Waals surface area contributed by atoms with Gasteiger partial charge < -0.3 is 5.32 Å². The minimum atomic E-state index is 0.0348. The Hall–Kier alpha value is -2.33. The fourth-order valence-electron chi connectivity index (χ4n) is 2.30. The van der Waals surface area contributed by atoms with Crippen LogP contribution in [-0.4, -0.2) is 16.6 Å². The summed E-state index contributed by atoms with van der Waals surface area (Å²) in [6, 6.07) is 19.9. The maximum atomic E-state index is 12.0. The molecule has 1 amide bonds. The third kappa shape index (κ3) is 4.11. The highest BCUT2D eigenvalue weighted by Crippen LogP contribution is 2.21. The van der Waals surface area contributed by atoms with E-state index in [2.05, 4.69) is 16.4 Å². The molecular weight excluding hydrogens is 304 g/mol. The second-order valence-corrected chi connectivity index (χ2v) is 6.42. The van der Waals surface area contributed by atoms with Crippen molar-refractivity contribution in [2.24, 2.45) is 0 Å². The lowest BCUT2D eigenvalue weighted by Crippen LogP contribution is -2.12. The Kier molecular flexibility index (Phi) is 4.93. The van der Waals surface area contributed by atoms with E-state index in [1.165, 1.54) is 0 Å². The summed E-state index contributed by atoms with van der Waals surface area (Å²) in [6.07, 6.45) is 0.466. The van der Waals surface area contributed by atoms with E-state index in [0.717, 1.165) is 27.2 Å². The molecule has 0 bridgehead atoms. The van der Waals surface area contributed by atoms with Gasteiger partial charge in [-0.15, -0.1) is 11.8 Å². The summed E-state index contributed by atoms with van der Waals surface area (Å²) in [5.74, 6) is 0.746. The predicted octanol–water partition coefficient (Wildman–Crippen LogP) is 4.66. The summed E-state index contributed by atoms with van der Waals surface area (Å²) in [5.41, 5.74) is 2.94. The van der Waals surface area contributed by atoms with Gasteiger partial charge in [-0.1, -0.05) is 42.5 Å². The van der Waals surface area contributed by atoms with Crippen molar-refractivity contribution in [1.82, 2.24) is 4.98 Å². The minimum absolute atomic E-state index is 0.0348. The van der Waals surface area contributed by atoms with Crippen molar-refractivity contribution in [3.8, 4) is 0 Å². The average Bonchev–Trinajstić information content (AvgIpc) is 2.57. The first-order valence-electron chi connectivity index (χ1n) is 7.56. The molecule has 2 aromatic carbocycles. The van der Waals surface area contributed by atoms with Crippen LogP contribution in [0.2, 0.25) is 0 Å². The van der Waals surface area contributed by atoms with Gasteiger partial charge in [-0.2, -0.15) is 0 Å². The number of nitrogens with one attached hydrogen (secondary N) is 1. The Labute approximate surface area is 140 Å². The summed E-state index contributed by atoms with van der Waals surface area (Å²) >= 11 is 1.61. The first kappa shape index (κ1) is 15.6. The molecule has 0 spiro atoms. The van der Waals surface area contributed by atoms with Gasteiger partial charge in [-0.05, 0) is 30.7 Å². The van der Waals surface area contributed by atoms with Gasteiger partial charge in [-0.25, -0.2) is 4.98 Å². The molecule has 0 saturated carbocycles. The quantitative estimate of drug-likeness (QED) is 0.694. The van der Waals surface area contributed by atoms with Crippen molar-refractivity contribution in [3.05, 3.63) is 66.2 Å². The van der Waals surface area contributed by atoms with Gasteiger partial charge in [0.25, 0.3) is 0 Å². The van der Waals surface area contributed by atoms with Gasteiger partial charge in [0.05, 0.1) is 10.5 Å². The standard InChI is InChI=1S/C19H18N2OS/c1-14-6-2-4-8-16(14)20-18(22)12-13-23-19-11-10-15-7-3-5-9-17(15)21-19/h2-11H,12-13H2,1H3,(H,20,22). The van der Waals surface area contributed by atoms with Gasteiger partial charge in [-0.3, -0.25) is 4.79 Å². The normalized spacial score (nSPS) is 10.7. The molecule has 1 heterocycles. The number of carbonyl (C=O) groups is 1. The highest BCUT2D eigenvalue weighted by atomic mass is 32.2. The second kappa shape index (κ2) is 7.29. The fraction of sp³-hybridized carbons (Fsp3) is 0.158. The van der Waals surface area contributed by atoms with Crippen LogP contribution in [0.25, 0.3) is 10.9 Å². The predicted molar refractivity (Wildman–Crippen MR) is 96.9 cm³/mol. The Morgan fingerprint density at radius 3 is 2.70 bits per heavy atom. The van der Waals surface area contributed by atoms with E-state index in [1.54, 1.807) is 11.8 Å². The van der Waals surface area contributed by atoms with Crippen LogP contribution in [0, 0.1) is 6.92 Å². The number of para-hydroxylation sites is 2. The molecule has 0 radical (unpaired) electrons. The molecule has 0 aliphatic rings. The number of benzene rings is 2. The van der Waals surface area contributed by atoms with Crippen LogP contribution >= 0.6 is 11.8 Å². The van der Waals surface area contributed by atoms with E-state index >= 15 is 0 Å². The van der Waals surface area contributed by atoms with Gasteiger partial charge >= 0.3 is 0 Å². The first-order valence-corrected chi connectivity index (χ1v) is 8.55. The van der Waals surface area contributed by atoms with E-state index in [1.807, 2.05) is 61.5 Å². The minimum Gasteiger partial charge on any atom is -0.326 e. The SMILES string of the molecule is Cc1ccccc1NC(=O)CCSc1ccc2ccccc2n1. The highest BCUT2D eigenvalue weighted by molar-refractivity contribution is 7.99. The molecule has 0 fully saturated rings. The molecule has 0 aliphatic carbocycles. The maximum absolute atomic E-state index is 12.0. The number of rotatable bonds is 5. The lowest BCUT2D eigenvalue weighted by atomic mass is 10.2. The number of thioether (sulfide) groups is 1. The van der Waals surface area contributed by atoms with E-state index in [4.69, 9.17) is 0 Å². The molecule has 3 aromatic rings. The molecule has 0 atom stereocenters. The van der Waals surface area contributed by atoms with E-state index < -0.39 is 0 Å².